The highest BCUT2D eigenvalue weighted by atomic mass is 127. The zero-order valence-corrected chi connectivity index (χ0v) is 21.7. The number of nitrogens with one attached hydrogen (secondary N) is 2. The number of hydrogen-bond acceptors (Lipinski definition) is 5. The Morgan fingerprint density at radius 2 is 1.94 bits per heavy atom. The minimum Gasteiger partial charge on any atom is -0.493 e. The molecule has 0 aromatic heterocycles. The van der Waals surface area contributed by atoms with Crippen molar-refractivity contribution in [3.05, 3.63) is 52.8 Å². The Morgan fingerprint density at radius 3 is 2.70 bits per heavy atom. The van der Waals surface area contributed by atoms with E-state index in [-0.39, 0.29) is 36.6 Å². The SMILES string of the molecule is CCOc1cc(CCCNC(=NC)NCCc2cc(F)cc3c2OCOC3)ccc1OC.I. The summed E-state index contributed by atoms with van der Waals surface area (Å²) in [6, 6.07) is 9.01. The van der Waals surface area contributed by atoms with Crippen LogP contribution in [0.5, 0.6) is 17.2 Å². The van der Waals surface area contributed by atoms with Gasteiger partial charge in [0.15, 0.2) is 24.3 Å². The van der Waals surface area contributed by atoms with Gasteiger partial charge in [-0.25, -0.2) is 4.39 Å². The van der Waals surface area contributed by atoms with E-state index < -0.39 is 0 Å². The molecular formula is C24H33FIN3O4. The summed E-state index contributed by atoms with van der Waals surface area (Å²) < 4.78 is 35.7. The molecule has 0 atom stereocenters. The number of aryl methyl sites for hydroxylation is 1. The van der Waals surface area contributed by atoms with Crippen LogP contribution in [0, 0.1) is 5.82 Å². The molecule has 0 saturated carbocycles. The summed E-state index contributed by atoms with van der Waals surface area (Å²) in [4.78, 5) is 4.26. The first kappa shape index (κ1) is 27.0. The van der Waals surface area contributed by atoms with Crippen LogP contribution in [0.25, 0.3) is 0 Å². The van der Waals surface area contributed by atoms with Crippen molar-refractivity contribution in [3.8, 4) is 17.2 Å². The van der Waals surface area contributed by atoms with E-state index in [9.17, 15) is 4.39 Å². The molecule has 9 heteroatoms. The molecule has 0 bridgehead atoms. The molecule has 3 rings (SSSR count). The smallest absolute Gasteiger partial charge is 0.190 e. The van der Waals surface area contributed by atoms with Gasteiger partial charge in [-0.2, -0.15) is 0 Å². The van der Waals surface area contributed by atoms with Gasteiger partial charge in [-0.1, -0.05) is 6.07 Å². The minimum absolute atomic E-state index is 0. The van der Waals surface area contributed by atoms with E-state index in [0.717, 1.165) is 47.8 Å². The second-order valence-corrected chi connectivity index (χ2v) is 7.36. The van der Waals surface area contributed by atoms with Crippen molar-refractivity contribution < 1.29 is 23.3 Å². The summed E-state index contributed by atoms with van der Waals surface area (Å²) in [7, 11) is 3.38. The summed E-state index contributed by atoms with van der Waals surface area (Å²) in [5, 5.41) is 6.60. The van der Waals surface area contributed by atoms with E-state index in [4.69, 9.17) is 18.9 Å². The largest absolute Gasteiger partial charge is 0.493 e. The van der Waals surface area contributed by atoms with Gasteiger partial charge in [-0.15, -0.1) is 24.0 Å². The number of halogens is 2. The molecule has 0 spiro atoms. The van der Waals surface area contributed by atoms with E-state index in [1.54, 1.807) is 14.2 Å². The van der Waals surface area contributed by atoms with Crippen LogP contribution in [0.15, 0.2) is 35.3 Å². The Bertz CT molecular complexity index is 927. The number of aliphatic imine (C=N–C) groups is 1. The molecule has 33 heavy (non-hydrogen) atoms. The van der Waals surface area contributed by atoms with Crippen LogP contribution in [0.4, 0.5) is 4.39 Å². The van der Waals surface area contributed by atoms with Crippen molar-refractivity contribution in [2.75, 3.05) is 40.6 Å². The van der Waals surface area contributed by atoms with Gasteiger partial charge in [0.25, 0.3) is 0 Å². The van der Waals surface area contributed by atoms with Gasteiger partial charge in [-0.3, -0.25) is 4.99 Å². The fraction of sp³-hybridized carbons (Fsp3) is 0.458. The highest BCUT2D eigenvalue weighted by Crippen LogP contribution is 2.30. The Balaban J connectivity index is 0.00000385. The molecule has 7 nitrogen and oxygen atoms in total. The zero-order valence-electron chi connectivity index (χ0n) is 19.4. The second-order valence-electron chi connectivity index (χ2n) is 7.36. The highest BCUT2D eigenvalue weighted by molar-refractivity contribution is 14.0. The maximum atomic E-state index is 13.9. The maximum Gasteiger partial charge on any atom is 0.190 e. The number of guanidine groups is 1. The molecule has 2 aromatic rings. The van der Waals surface area contributed by atoms with Gasteiger partial charge in [0.1, 0.15) is 11.6 Å². The summed E-state index contributed by atoms with van der Waals surface area (Å²) in [6.45, 7) is 4.50. The quantitative estimate of drug-likeness (QED) is 0.194. The fourth-order valence-corrected chi connectivity index (χ4v) is 3.62. The minimum atomic E-state index is -0.276. The predicted molar refractivity (Wildman–Crippen MR) is 138 cm³/mol. The van der Waals surface area contributed by atoms with Gasteiger partial charge in [0, 0.05) is 25.7 Å². The van der Waals surface area contributed by atoms with Crippen molar-refractivity contribution in [2.45, 2.75) is 32.8 Å². The predicted octanol–water partition coefficient (Wildman–Crippen LogP) is 4.06. The van der Waals surface area contributed by atoms with Crippen LogP contribution in [-0.2, 0) is 24.2 Å². The Hall–Kier alpha value is -2.27. The van der Waals surface area contributed by atoms with Crippen molar-refractivity contribution >= 4 is 29.9 Å². The van der Waals surface area contributed by atoms with Gasteiger partial charge < -0.3 is 29.6 Å². The first-order chi connectivity index (χ1) is 15.6. The van der Waals surface area contributed by atoms with E-state index >= 15 is 0 Å². The summed E-state index contributed by atoms with van der Waals surface area (Å²) in [5.74, 6) is 2.68. The van der Waals surface area contributed by atoms with Crippen LogP contribution < -0.4 is 24.8 Å². The number of ether oxygens (including phenoxy) is 4. The fourth-order valence-electron chi connectivity index (χ4n) is 3.62. The molecule has 1 heterocycles. The molecule has 1 aliphatic rings. The molecule has 0 saturated heterocycles. The third-order valence-corrected chi connectivity index (χ3v) is 5.12. The average Bonchev–Trinajstić information content (AvgIpc) is 2.80. The second kappa shape index (κ2) is 14.1. The third-order valence-electron chi connectivity index (χ3n) is 5.12. The average molecular weight is 573 g/mol. The number of fused-ring (bicyclic) bond motifs is 1. The van der Waals surface area contributed by atoms with Crippen LogP contribution in [-0.4, -0.2) is 46.6 Å². The van der Waals surface area contributed by atoms with Crippen LogP contribution in [0.2, 0.25) is 0 Å². The van der Waals surface area contributed by atoms with E-state index in [2.05, 4.69) is 21.7 Å². The molecule has 1 aliphatic heterocycles. The van der Waals surface area contributed by atoms with E-state index in [0.29, 0.717) is 32.1 Å². The summed E-state index contributed by atoms with van der Waals surface area (Å²) >= 11 is 0. The van der Waals surface area contributed by atoms with E-state index in [1.807, 2.05) is 19.1 Å². The van der Waals surface area contributed by atoms with Crippen LogP contribution in [0.3, 0.4) is 0 Å². The molecule has 0 amide bonds. The molecule has 2 N–H and O–H groups in total. The maximum absolute atomic E-state index is 13.9. The topological polar surface area (TPSA) is 73.3 Å². The number of benzene rings is 2. The lowest BCUT2D eigenvalue weighted by Gasteiger charge is -2.21. The van der Waals surface area contributed by atoms with Crippen LogP contribution >= 0.6 is 24.0 Å². The lowest BCUT2D eigenvalue weighted by atomic mass is 10.1. The van der Waals surface area contributed by atoms with Crippen molar-refractivity contribution in [1.29, 1.82) is 0 Å². The van der Waals surface area contributed by atoms with E-state index in [1.165, 1.54) is 17.7 Å². The van der Waals surface area contributed by atoms with Crippen LogP contribution in [0.1, 0.15) is 30.0 Å². The van der Waals surface area contributed by atoms with Gasteiger partial charge in [0.2, 0.25) is 0 Å². The van der Waals surface area contributed by atoms with Gasteiger partial charge >= 0.3 is 0 Å². The summed E-state index contributed by atoms with van der Waals surface area (Å²) in [6.07, 6.45) is 2.46. The monoisotopic (exact) mass is 573 g/mol. The first-order valence-corrected chi connectivity index (χ1v) is 10.9. The lowest BCUT2D eigenvalue weighted by molar-refractivity contribution is -0.0172. The lowest BCUT2D eigenvalue weighted by Crippen LogP contribution is -2.38. The molecule has 2 aromatic carbocycles. The van der Waals surface area contributed by atoms with Crippen molar-refractivity contribution in [1.82, 2.24) is 10.6 Å². The molecule has 0 aliphatic carbocycles. The molecule has 0 radical (unpaired) electrons. The highest BCUT2D eigenvalue weighted by Gasteiger charge is 2.16. The number of methoxy groups -OCH3 is 1. The molecular weight excluding hydrogens is 540 g/mol. The van der Waals surface area contributed by atoms with Crippen molar-refractivity contribution in [3.63, 3.8) is 0 Å². The summed E-state index contributed by atoms with van der Waals surface area (Å²) in [5.41, 5.74) is 2.77. The van der Waals surface area contributed by atoms with Gasteiger partial charge in [0.05, 0.1) is 20.3 Å². The number of nitrogens with zero attached hydrogens (tertiary/aromatic N) is 1. The third kappa shape index (κ3) is 7.92. The first-order valence-electron chi connectivity index (χ1n) is 10.9. The normalized spacial score (nSPS) is 12.8. The Labute approximate surface area is 212 Å². The number of rotatable bonds is 10. The Morgan fingerprint density at radius 1 is 1.12 bits per heavy atom. The van der Waals surface area contributed by atoms with Gasteiger partial charge in [-0.05, 0) is 61.6 Å². The molecule has 0 unspecified atom stereocenters. The van der Waals surface area contributed by atoms with Crippen molar-refractivity contribution in [2.24, 2.45) is 4.99 Å². The number of hydrogen-bond donors (Lipinski definition) is 2. The standard InChI is InChI=1S/C24H32FN3O4.HI/c1-4-31-22-12-17(7-8-21(22)29-3)6-5-10-27-24(26-2)28-11-9-18-13-20(25)14-19-15-30-16-32-23(18)19;/h7-8,12-14H,4-6,9-11,15-16H2,1-3H3,(H2,26,27,28);1H. The molecule has 182 valence electrons. The Kier molecular flexibility index (Phi) is 11.5. The molecule has 0 fully saturated rings. The zero-order chi connectivity index (χ0) is 22.8.